The van der Waals surface area contributed by atoms with E-state index in [9.17, 15) is 9.90 Å². The van der Waals surface area contributed by atoms with Crippen LogP contribution in [-0.4, -0.2) is 23.1 Å². The number of benzene rings is 2. The van der Waals surface area contributed by atoms with Crippen LogP contribution in [0, 0.1) is 6.92 Å². The molecule has 0 aliphatic carbocycles. The number of carbonyl (C=O) groups is 1. The predicted octanol–water partition coefficient (Wildman–Crippen LogP) is 5.18. The number of nitrogen functional groups attached to an aromatic ring is 1. The van der Waals surface area contributed by atoms with Crippen LogP contribution in [0.15, 0.2) is 54.6 Å². The number of rotatable bonds is 5. The van der Waals surface area contributed by atoms with Crippen molar-refractivity contribution in [3.63, 3.8) is 0 Å². The molecule has 2 heterocycles. The lowest BCUT2D eigenvalue weighted by atomic mass is 9.99. The number of aryl methyl sites for hydroxylation is 1. The van der Waals surface area contributed by atoms with E-state index in [4.69, 9.17) is 22.1 Å². The highest BCUT2D eigenvalue weighted by Gasteiger charge is 2.21. The number of aliphatic hydroxyl groups excluding tert-OH is 1. The number of halogens is 1. The first-order valence-corrected chi connectivity index (χ1v) is 10.6. The van der Waals surface area contributed by atoms with Gasteiger partial charge in [0.1, 0.15) is 21.6 Å². The number of aromatic nitrogens is 1. The van der Waals surface area contributed by atoms with Crippen molar-refractivity contribution in [2.45, 2.75) is 13.0 Å². The van der Waals surface area contributed by atoms with Crippen LogP contribution >= 0.6 is 22.9 Å². The Morgan fingerprint density at radius 2 is 1.87 bits per heavy atom. The van der Waals surface area contributed by atoms with Crippen molar-refractivity contribution in [3.05, 3.63) is 81.3 Å². The van der Waals surface area contributed by atoms with Crippen molar-refractivity contribution < 1.29 is 14.6 Å². The quantitative estimate of drug-likeness (QED) is 0.386. The van der Waals surface area contributed by atoms with Gasteiger partial charge in [-0.15, -0.1) is 11.3 Å². The lowest BCUT2D eigenvalue weighted by molar-refractivity contribution is 0.103. The summed E-state index contributed by atoms with van der Waals surface area (Å²) in [4.78, 5) is 18.4. The fraction of sp³-hybridized carbons (Fsp3) is 0.130. The highest BCUT2D eigenvalue weighted by Crippen LogP contribution is 2.36. The van der Waals surface area contributed by atoms with Gasteiger partial charge in [0.15, 0.2) is 0 Å². The van der Waals surface area contributed by atoms with Crippen molar-refractivity contribution in [2.24, 2.45) is 0 Å². The Labute approximate surface area is 188 Å². The molecule has 0 saturated heterocycles. The minimum absolute atomic E-state index is 0.322. The molecule has 4 N–H and O–H groups in total. The van der Waals surface area contributed by atoms with Gasteiger partial charge in [0.2, 0.25) is 0 Å². The van der Waals surface area contributed by atoms with E-state index in [0.29, 0.717) is 54.1 Å². The lowest BCUT2D eigenvalue weighted by Crippen LogP contribution is -2.11. The Morgan fingerprint density at radius 1 is 1.19 bits per heavy atom. The second kappa shape index (κ2) is 8.55. The number of anilines is 2. The first-order chi connectivity index (χ1) is 14.9. The molecular weight excluding hydrogens is 434 g/mol. The largest absolute Gasteiger partial charge is 0.497 e. The Hall–Kier alpha value is -3.13. The van der Waals surface area contributed by atoms with E-state index in [1.807, 2.05) is 6.92 Å². The number of fused-ring (bicyclic) bond motifs is 1. The minimum atomic E-state index is -0.881. The number of methoxy groups -OCH3 is 1. The van der Waals surface area contributed by atoms with Gasteiger partial charge in [-0.05, 0) is 55.0 Å². The number of hydrogen-bond donors (Lipinski definition) is 3. The molecule has 0 aliphatic rings. The predicted molar refractivity (Wildman–Crippen MR) is 125 cm³/mol. The summed E-state index contributed by atoms with van der Waals surface area (Å²) in [6.07, 6.45) is -0.881. The monoisotopic (exact) mass is 453 g/mol. The molecule has 0 radical (unpaired) electrons. The second-order valence-electron chi connectivity index (χ2n) is 7.00. The summed E-state index contributed by atoms with van der Waals surface area (Å²) in [5, 5.41) is 15.0. The molecule has 0 saturated carbocycles. The van der Waals surface area contributed by atoms with E-state index in [1.165, 1.54) is 11.3 Å². The SMILES string of the molecule is COc1ccc(C(O)c2cc3c(N)c(C(=O)Nc4ccc(Cl)cc4)sc3nc2C)cc1. The minimum Gasteiger partial charge on any atom is -0.497 e. The van der Waals surface area contributed by atoms with E-state index in [-0.39, 0.29) is 5.91 Å². The molecule has 4 aromatic rings. The molecule has 0 bridgehead atoms. The third-order valence-corrected chi connectivity index (χ3v) is 6.35. The third-order valence-electron chi connectivity index (χ3n) is 4.99. The Bertz CT molecular complexity index is 1250. The van der Waals surface area contributed by atoms with E-state index in [1.54, 1.807) is 61.7 Å². The van der Waals surface area contributed by atoms with E-state index in [2.05, 4.69) is 10.3 Å². The average Bonchev–Trinajstić information content (AvgIpc) is 3.09. The maximum Gasteiger partial charge on any atom is 0.267 e. The van der Waals surface area contributed by atoms with Gasteiger partial charge in [0.05, 0.1) is 12.8 Å². The summed E-state index contributed by atoms with van der Waals surface area (Å²) in [5.74, 6) is 0.386. The molecule has 2 aromatic carbocycles. The summed E-state index contributed by atoms with van der Waals surface area (Å²) >= 11 is 7.11. The molecule has 0 spiro atoms. The van der Waals surface area contributed by atoms with Crippen LogP contribution in [0.1, 0.15) is 32.6 Å². The van der Waals surface area contributed by atoms with Crippen LogP contribution in [0.2, 0.25) is 5.02 Å². The maximum absolute atomic E-state index is 12.8. The number of amides is 1. The number of hydrogen-bond acceptors (Lipinski definition) is 6. The number of aliphatic hydroxyl groups is 1. The fourth-order valence-corrected chi connectivity index (χ4v) is 4.42. The fourth-order valence-electron chi connectivity index (χ4n) is 3.28. The Balaban J connectivity index is 1.67. The van der Waals surface area contributed by atoms with Crippen LogP contribution in [0.3, 0.4) is 0 Å². The summed E-state index contributed by atoms with van der Waals surface area (Å²) in [6.45, 7) is 1.82. The van der Waals surface area contributed by atoms with Crippen molar-refractivity contribution >= 4 is 50.4 Å². The molecule has 1 atom stereocenters. The standard InChI is InChI=1S/C23H20ClN3O3S/c1-12-17(20(28)13-3-9-16(30-2)10-4-13)11-18-19(25)21(31-23(18)26-12)22(29)27-15-7-5-14(24)6-8-15/h3-11,20,28H,25H2,1-2H3,(H,27,29). The number of nitrogens with one attached hydrogen (secondary N) is 1. The van der Waals surface area contributed by atoms with Crippen molar-refractivity contribution in [1.29, 1.82) is 0 Å². The molecule has 1 unspecified atom stereocenters. The van der Waals surface area contributed by atoms with E-state index < -0.39 is 6.10 Å². The van der Waals surface area contributed by atoms with Crippen LogP contribution in [0.4, 0.5) is 11.4 Å². The zero-order valence-corrected chi connectivity index (χ0v) is 18.4. The molecule has 4 rings (SSSR count). The summed E-state index contributed by atoms with van der Waals surface area (Å²) in [7, 11) is 1.59. The summed E-state index contributed by atoms with van der Waals surface area (Å²) in [5.41, 5.74) is 9.26. The van der Waals surface area contributed by atoms with Gasteiger partial charge in [-0.3, -0.25) is 4.79 Å². The molecule has 8 heteroatoms. The maximum atomic E-state index is 12.8. The zero-order valence-electron chi connectivity index (χ0n) is 16.8. The summed E-state index contributed by atoms with van der Waals surface area (Å²) in [6, 6.07) is 15.8. The van der Waals surface area contributed by atoms with Crippen LogP contribution in [-0.2, 0) is 0 Å². The normalized spacial score (nSPS) is 12.0. The smallest absolute Gasteiger partial charge is 0.267 e. The number of carbonyl (C=O) groups excluding carboxylic acids is 1. The highest BCUT2D eigenvalue weighted by atomic mass is 35.5. The number of thiophene rings is 1. The van der Waals surface area contributed by atoms with E-state index >= 15 is 0 Å². The number of nitrogens with zero attached hydrogens (tertiary/aromatic N) is 1. The van der Waals surface area contributed by atoms with Crippen LogP contribution in [0.5, 0.6) is 5.75 Å². The van der Waals surface area contributed by atoms with Gasteiger partial charge < -0.3 is 20.9 Å². The number of nitrogens with two attached hydrogens (primary N) is 1. The van der Waals surface area contributed by atoms with Crippen molar-refractivity contribution in [3.8, 4) is 5.75 Å². The van der Waals surface area contributed by atoms with Gasteiger partial charge in [-0.25, -0.2) is 4.98 Å². The lowest BCUT2D eigenvalue weighted by Gasteiger charge is -2.14. The molecule has 0 fully saturated rings. The number of ether oxygens (including phenoxy) is 1. The first-order valence-electron chi connectivity index (χ1n) is 9.46. The van der Waals surface area contributed by atoms with Gasteiger partial charge in [-0.1, -0.05) is 23.7 Å². The Morgan fingerprint density at radius 3 is 2.52 bits per heavy atom. The average molecular weight is 454 g/mol. The van der Waals surface area contributed by atoms with Crippen LogP contribution in [0.25, 0.3) is 10.2 Å². The molecule has 6 nitrogen and oxygen atoms in total. The zero-order chi connectivity index (χ0) is 22.1. The third kappa shape index (κ3) is 4.20. The van der Waals surface area contributed by atoms with Gasteiger partial charge in [0, 0.05) is 27.4 Å². The second-order valence-corrected chi connectivity index (χ2v) is 8.43. The van der Waals surface area contributed by atoms with Crippen LogP contribution < -0.4 is 15.8 Å². The molecule has 1 amide bonds. The first kappa shape index (κ1) is 21.1. The number of pyridine rings is 1. The highest BCUT2D eigenvalue weighted by molar-refractivity contribution is 7.21. The summed E-state index contributed by atoms with van der Waals surface area (Å²) < 4.78 is 5.17. The topological polar surface area (TPSA) is 97.5 Å². The van der Waals surface area contributed by atoms with E-state index in [0.717, 1.165) is 0 Å². The van der Waals surface area contributed by atoms with Crippen molar-refractivity contribution in [1.82, 2.24) is 4.98 Å². The van der Waals surface area contributed by atoms with Gasteiger partial charge >= 0.3 is 0 Å². The Kier molecular flexibility index (Phi) is 5.82. The molecule has 2 aromatic heterocycles. The molecule has 31 heavy (non-hydrogen) atoms. The van der Waals surface area contributed by atoms with Gasteiger partial charge in [0.25, 0.3) is 5.91 Å². The molecular formula is C23H20ClN3O3S. The van der Waals surface area contributed by atoms with Gasteiger partial charge in [-0.2, -0.15) is 0 Å². The molecule has 0 aliphatic heterocycles. The molecule has 158 valence electrons. The van der Waals surface area contributed by atoms with Crippen molar-refractivity contribution in [2.75, 3.05) is 18.2 Å².